The first kappa shape index (κ1) is 111. The Labute approximate surface area is 870 Å². The van der Waals surface area contributed by atoms with Crippen LogP contribution >= 0.6 is 80.1 Å². The highest BCUT2D eigenvalue weighted by Crippen LogP contribution is 2.43. The highest BCUT2D eigenvalue weighted by molar-refractivity contribution is 7.93. The summed E-state index contributed by atoms with van der Waals surface area (Å²) in [4.78, 5) is 63.3. The molecule has 12 aromatic rings. The van der Waals surface area contributed by atoms with E-state index in [0.717, 1.165) is 246 Å². The van der Waals surface area contributed by atoms with E-state index in [4.69, 9.17) is 34.8 Å². The standard InChI is InChI=1S/C27H28ClF3N2O4S2.C27H31FN2O3S2.2C26H28ClFN2O3S2/c1-16-13-17(2)25(33-10-5-4-6-11-33)18(3)20(16)15-23(34)26-22(9-12-38-26)32-39(35,36)24-8-7-19(14-21(24)28)37-27(29,30)31;1-17-14-19(3)26(30-11-6-5-7-12-30)20(4)22(17)16-24(31)27-23(10-13-34-27)29-35(32,33)25-9-8-21(28)15-18(25)2;1-16-13-17(2)25(30-10-5-4-6-11-30)18(3)20(16)15-23(31)26-22(9-12-34-26)29-35(32,33)24-8-7-19(28)14-21(24)27;1-16-13-17(2)25(30-10-5-4-6-11-30)18(3)20(16)15-23(31)26-22(9-12-34-26)29-35(32,33)24-8-7-19(27)14-21(24)28/h7-9,12-14,32H,4-6,10-11,15H2,1-3H3;8-10,13-15,29H,5-7,11-12,16H2,1-4H3;2*7-9,12-14,29H,4-6,10-11,15H2,1-3H3. The maximum Gasteiger partial charge on any atom is 0.573 e. The molecule has 0 unspecified atom stereocenters. The number of hydrogen-bond acceptors (Lipinski definition) is 21. The Hall–Kier alpha value is -10.3. The van der Waals surface area contributed by atoms with Crippen molar-refractivity contribution in [2.75, 3.05) is 90.8 Å². The van der Waals surface area contributed by atoms with Gasteiger partial charge in [0.05, 0.1) is 57.2 Å². The molecule has 0 radical (unpaired) electrons. The molecular weight excluding hydrogens is 2070 g/mol. The minimum Gasteiger partial charge on any atom is -0.406 e. The zero-order chi connectivity index (χ0) is 105. The zero-order valence-corrected chi connectivity index (χ0v) is 90.9. The van der Waals surface area contributed by atoms with Crippen LogP contribution in [0.2, 0.25) is 15.1 Å². The number of aryl methyl sites for hydroxylation is 9. The number of Topliss-reactive ketones (excluding diaryl/α,β-unsaturated/α-hetero) is 4. The van der Waals surface area contributed by atoms with Crippen LogP contribution in [0.15, 0.2) is 162 Å². The summed E-state index contributed by atoms with van der Waals surface area (Å²) in [7, 11) is -16.6. The smallest absolute Gasteiger partial charge is 0.406 e. The van der Waals surface area contributed by atoms with Crippen molar-refractivity contribution in [2.45, 2.75) is 219 Å². The van der Waals surface area contributed by atoms with Gasteiger partial charge in [-0.2, -0.15) is 0 Å². The zero-order valence-electron chi connectivity index (χ0n) is 82.1. The van der Waals surface area contributed by atoms with Crippen LogP contribution in [0.1, 0.15) is 210 Å². The number of ether oxygens (including phenoxy) is 1. The molecule has 4 aromatic heterocycles. The third-order valence-electron chi connectivity index (χ3n) is 26.3. The van der Waals surface area contributed by atoms with E-state index in [1.165, 1.54) is 125 Å². The molecule has 8 heterocycles. The van der Waals surface area contributed by atoms with Crippen LogP contribution in [-0.2, 0) is 65.8 Å². The van der Waals surface area contributed by atoms with E-state index in [0.29, 0.717) is 20.2 Å². The lowest BCUT2D eigenvalue weighted by Gasteiger charge is -2.33. The van der Waals surface area contributed by atoms with Crippen LogP contribution in [0.4, 0.5) is 71.8 Å². The van der Waals surface area contributed by atoms with E-state index in [2.05, 4.69) is 116 Å². The number of carbonyl (C=O) groups is 4. The highest BCUT2D eigenvalue weighted by Gasteiger charge is 2.35. The maximum atomic E-state index is 14.3. The fourth-order valence-corrected chi connectivity index (χ4v) is 29.0. The number of piperidine rings is 4. The molecule has 0 bridgehead atoms. The van der Waals surface area contributed by atoms with Gasteiger partial charge in [-0.1, -0.05) is 59.1 Å². The van der Waals surface area contributed by atoms with Gasteiger partial charge in [-0.3, -0.25) is 38.1 Å². The predicted octanol–water partition coefficient (Wildman–Crippen LogP) is 27.1. The molecule has 4 saturated heterocycles. The first-order valence-corrected chi connectivity index (χ1v) is 57.7. The summed E-state index contributed by atoms with van der Waals surface area (Å²) >= 11 is 22.4. The number of thiophene rings is 4. The molecule has 0 aliphatic carbocycles. The van der Waals surface area contributed by atoms with Crippen molar-refractivity contribution in [2.24, 2.45) is 0 Å². The van der Waals surface area contributed by atoms with Crippen LogP contribution in [0.25, 0.3) is 0 Å². The third-order valence-corrected chi connectivity index (χ3v) is 36.9. The average molecular weight is 2190 g/mol. The van der Waals surface area contributed by atoms with Crippen molar-refractivity contribution in [3.05, 3.63) is 289 Å². The van der Waals surface area contributed by atoms with Gasteiger partial charge in [-0.05, 0) is 374 Å². The van der Waals surface area contributed by atoms with Crippen molar-refractivity contribution in [3.8, 4) is 5.75 Å². The summed E-state index contributed by atoms with van der Waals surface area (Å²) in [6, 6.07) is 27.2. The van der Waals surface area contributed by atoms with Crippen LogP contribution in [-0.4, -0.2) is 116 Å². The summed E-state index contributed by atoms with van der Waals surface area (Å²) in [5.74, 6) is -3.46. The van der Waals surface area contributed by atoms with Crippen LogP contribution < -0.4 is 43.2 Å². The van der Waals surface area contributed by atoms with Crippen molar-refractivity contribution in [1.82, 2.24) is 0 Å². The molecule has 4 fully saturated rings. The number of sulfonamides is 4. The Morgan fingerprint density at radius 1 is 0.319 bits per heavy atom. The van der Waals surface area contributed by atoms with Gasteiger partial charge < -0.3 is 24.3 Å². The van der Waals surface area contributed by atoms with E-state index in [1.54, 1.807) is 40.6 Å². The molecule has 0 saturated carbocycles. The number of benzene rings is 8. The largest absolute Gasteiger partial charge is 0.573 e. The first-order valence-electron chi connectivity index (χ1n) is 47.2. The normalized spacial score (nSPS) is 14.3. The molecule has 0 atom stereocenters. The number of nitrogens with one attached hydrogen (secondary N) is 4. The molecule has 4 aliphatic heterocycles. The molecule has 0 spiro atoms. The first-order chi connectivity index (χ1) is 68.0. The predicted molar refractivity (Wildman–Crippen MR) is 572 cm³/mol. The van der Waals surface area contributed by atoms with Gasteiger partial charge in [0.1, 0.15) is 37.9 Å². The van der Waals surface area contributed by atoms with Gasteiger partial charge in [0.25, 0.3) is 40.1 Å². The fourth-order valence-electron chi connectivity index (χ4n) is 19.7. The van der Waals surface area contributed by atoms with Gasteiger partial charge in [0.2, 0.25) is 0 Å². The molecule has 144 heavy (non-hydrogen) atoms. The van der Waals surface area contributed by atoms with Crippen LogP contribution in [0.5, 0.6) is 5.75 Å². The van der Waals surface area contributed by atoms with Crippen molar-refractivity contribution in [3.63, 3.8) is 0 Å². The SMILES string of the molecule is Cc1cc(C)c(N2CCCCC2)c(C)c1CC(=O)c1sccc1NS(=O)(=O)c1ccc(Cl)cc1F.Cc1cc(C)c(N2CCCCC2)c(C)c1CC(=O)c1sccc1NS(=O)(=O)c1ccc(F)cc1Cl.Cc1cc(C)c(N2CCCCC2)c(C)c1CC(=O)c1sccc1NS(=O)(=O)c1ccc(OC(F)(F)F)cc1Cl.Cc1cc(F)ccc1S(=O)(=O)Nc1ccsc1C(=O)Cc1c(C)cc(C)c(N2CCCCC2)c1C. The van der Waals surface area contributed by atoms with Gasteiger partial charge in [-0.15, -0.1) is 58.5 Å². The maximum absolute atomic E-state index is 14.3. The lowest BCUT2D eigenvalue weighted by molar-refractivity contribution is -0.274. The van der Waals surface area contributed by atoms with Crippen LogP contribution in [0.3, 0.4) is 0 Å². The number of anilines is 8. The molecule has 38 heteroatoms. The summed E-state index contributed by atoms with van der Waals surface area (Å²) in [6.45, 7) is 34.3. The minimum atomic E-state index is -4.95. The Balaban J connectivity index is 0.000000161. The molecule has 4 N–H and O–H groups in total. The number of nitrogens with zero attached hydrogens (tertiary/aromatic N) is 4. The van der Waals surface area contributed by atoms with Gasteiger partial charge in [0.15, 0.2) is 23.1 Å². The average Bonchev–Trinajstić information content (AvgIpc) is 1.28. The number of alkyl halides is 3. The highest BCUT2D eigenvalue weighted by atomic mass is 35.5. The van der Waals surface area contributed by atoms with E-state index in [-0.39, 0.29) is 96.3 Å². The monoisotopic (exact) mass is 2180 g/mol. The quantitative estimate of drug-likeness (QED) is 0.0250. The summed E-state index contributed by atoms with van der Waals surface area (Å²) in [6.07, 6.45) is 9.86. The number of hydrogen-bond donors (Lipinski definition) is 4. The molecule has 16 rings (SSSR count). The third kappa shape index (κ3) is 26.6. The molecule has 768 valence electrons. The number of ketones is 4. The molecule has 21 nitrogen and oxygen atoms in total. The molecule has 8 aromatic carbocycles. The summed E-state index contributed by atoms with van der Waals surface area (Å²) in [5.41, 5.74) is 22.9. The Morgan fingerprint density at radius 3 is 0.861 bits per heavy atom. The Bertz CT molecular complexity index is 6850. The number of carbonyl (C=O) groups excluding carboxylic acids is 4. The van der Waals surface area contributed by atoms with Gasteiger partial charge in [0, 0.05) is 112 Å². The number of halogens is 9. The van der Waals surface area contributed by atoms with Crippen molar-refractivity contribution >= 4 is 189 Å². The van der Waals surface area contributed by atoms with Crippen molar-refractivity contribution in [1.29, 1.82) is 0 Å². The Morgan fingerprint density at radius 2 is 0.583 bits per heavy atom. The topological polar surface area (TPSA) is 275 Å². The van der Waals surface area contributed by atoms with Crippen LogP contribution in [0, 0.1) is 107 Å². The second-order valence-corrected chi connectivity index (χ2v) is 48.2. The Kier molecular flexibility index (Phi) is 36.4. The van der Waals surface area contributed by atoms with E-state index < -0.39 is 84.5 Å². The second-order valence-electron chi connectivity index (χ2n) is 36.7. The lowest BCUT2D eigenvalue weighted by Crippen LogP contribution is -2.31. The van der Waals surface area contributed by atoms with Gasteiger partial charge in [-0.25, -0.2) is 46.8 Å². The molecule has 0 amide bonds. The number of rotatable bonds is 29. The van der Waals surface area contributed by atoms with Gasteiger partial charge >= 0.3 is 6.36 Å². The molecule has 4 aliphatic rings. The molecular formula is C106H115Cl3F6N8O13S8. The second kappa shape index (κ2) is 47.2. The van der Waals surface area contributed by atoms with Crippen molar-refractivity contribution < 1.29 is 83.9 Å². The fraction of sp³-hybridized carbons (Fsp3) is 0.358. The van der Waals surface area contributed by atoms with E-state index in [1.807, 2.05) is 34.6 Å². The van der Waals surface area contributed by atoms with E-state index >= 15 is 0 Å². The van der Waals surface area contributed by atoms with E-state index in [9.17, 15) is 79.2 Å². The minimum absolute atomic E-state index is 0.0140. The summed E-state index contributed by atoms with van der Waals surface area (Å²) < 4.78 is 196. The lowest BCUT2D eigenvalue weighted by atomic mass is 9.92. The summed E-state index contributed by atoms with van der Waals surface area (Å²) in [5, 5.41) is 6.04.